The highest BCUT2D eigenvalue weighted by molar-refractivity contribution is 6.25. The molecular formula is C39H48N4O12. The number of Topliss-reactive ketones (excluding diaryl/α,β-unsaturated/α-hetero) is 2. The molecule has 2 aromatic carbocycles. The molecule has 296 valence electrons. The number of likely N-dealkylation sites (N-methyl/N-ethyl adjacent to an activating group) is 1. The number of hydrogen-bond donors (Lipinski definition) is 5. The van der Waals surface area contributed by atoms with Gasteiger partial charge in [-0.3, -0.25) is 19.3 Å². The first-order chi connectivity index (χ1) is 25.6. The number of fused-ring (bicyclic) bond motifs is 3. The smallest absolute Gasteiger partial charge is 0.412 e. The van der Waals surface area contributed by atoms with Crippen LogP contribution in [0.15, 0.2) is 53.0 Å². The molecule has 0 saturated heterocycles. The van der Waals surface area contributed by atoms with Crippen LogP contribution in [0.2, 0.25) is 0 Å². The van der Waals surface area contributed by atoms with Gasteiger partial charge in [-0.05, 0) is 74.2 Å². The van der Waals surface area contributed by atoms with Gasteiger partial charge in [0.2, 0.25) is 12.6 Å². The number of carbonyl (C=O) groups excluding carboxylic acids is 5. The minimum atomic E-state index is -2.79. The number of nitrogens with two attached hydrogens (primary N) is 1. The van der Waals surface area contributed by atoms with Gasteiger partial charge in [0.15, 0.2) is 11.4 Å². The fourth-order valence-electron chi connectivity index (χ4n) is 7.87. The first-order valence-electron chi connectivity index (χ1n) is 17.6. The molecule has 2 amide bonds. The number of allylic oxidation sites excluding steroid dienone is 1. The minimum Gasteiger partial charge on any atom is -0.510 e. The number of primary amides is 1. The molecule has 0 aromatic heterocycles. The summed E-state index contributed by atoms with van der Waals surface area (Å²) >= 11 is 0. The lowest BCUT2D eigenvalue weighted by Crippen LogP contribution is -2.63. The molecule has 3 aliphatic rings. The van der Waals surface area contributed by atoms with Gasteiger partial charge in [0.1, 0.15) is 28.6 Å². The molecule has 0 radical (unpaired) electrons. The molecule has 4 atom stereocenters. The molecule has 0 spiro atoms. The Kier molecular flexibility index (Phi) is 11.0. The van der Waals surface area contributed by atoms with Crippen LogP contribution in [-0.4, -0.2) is 120 Å². The van der Waals surface area contributed by atoms with Crippen LogP contribution in [0, 0.1) is 17.3 Å². The summed E-state index contributed by atoms with van der Waals surface area (Å²) in [5.41, 5.74) is 2.09. The number of amides is 2. The van der Waals surface area contributed by atoms with Gasteiger partial charge in [0.25, 0.3) is 5.91 Å². The van der Waals surface area contributed by atoms with Gasteiger partial charge in [-0.15, -0.1) is 0 Å². The van der Waals surface area contributed by atoms with E-state index in [1.165, 1.54) is 29.0 Å². The molecule has 3 aliphatic carbocycles. The summed E-state index contributed by atoms with van der Waals surface area (Å²) in [4.78, 5) is 71.1. The highest BCUT2D eigenvalue weighted by Gasteiger charge is 2.63. The quantitative estimate of drug-likeness (QED) is 0.133. The van der Waals surface area contributed by atoms with Crippen LogP contribution in [0.5, 0.6) is 11.5 Å². The van der Waals surface area contributed by atoms with Gasteiger partial charge in [-0.25, -0.2) is 9.59 Å². The van der Waals surface area contributed by atoms with Crippen molar-refractivity contribution in [2.24, 2.45) is 23.0 Å². The Hall–Kier alpha value is -5.61. The summed E-state index contributed by atoms with van der Waals surface area (Å²) in [7, 11) is 8.08. The van der Waals surface area contributed by atoms with Crippen molar-refractivity contribution in [2.45, 2.75) is 51.8 Å². The first kappa shape index (κ1) is 40.6. The second-order valence-electron chi connectivity index (χ2n) is 15.7. The topological polar surface area (TPSA) is 230 Å². The number of aliphatic hydroxyl groups is 3. The highest BCUT2D eigenvalue weighted by atomic mass is 16.7. The van der Waals surface area contributed by atoms with Crippen LogP contribution in [0.25, 0.3) is 0 Å². The number of benzene rings is 2. The Labute approximate surface area is 318 Å². The van der Waals surface area contributed by atoms with E-state index in [1.54, 1.807) is 51.3 Å². The van der Waals surface area contributed by atoms with E-state index >= 15 is 0 Å². The maximum atomic E-state index is 14.5. The fraction of sp³-hybridized carbons (Fsp3) is 0.462. The monoisotopic (exact) mass is 764 g/mol. The number of aromatic hydroxyl groups is 1. The Balaban J connectivity index is 1.51. The van der Waals surface area contributed by atoms with E-state index in [0.29, 0.717) is 17.0 Å². The molecule has 5 rings (SSSR count). The first-order valence-corrected chi connectivity index (χ1v) is 17.6. The van der Waals surface area contributed by atoms with Gasteiger partial charge >= 0.3 is 12.1 Å². The molecule has 0 bridgehead atoms. The van der Waals surface area contributed by atoms with Crippen LogP contribution in [-0.2, 0) is 32.0 Å². The molecule has 16 heteroatoms. The number of hydrogen-bond acceptors (Lipinski definition) is 14. The van der Waals surface area contributed by atoms with E-state index < -0.39 is 88.1 Å². The number of carbonyl (C=O) groups is 5. The van der Waals surface area contributed by atoms with Gasteiger partial charge in [-0.2, -0.15) is 0 Å². The zero-order valence-electron chi connectivity index (χ0n) is 32.1. The predicted octanol–water partition coefficient (Wildman–Crippen LogP) is 2.99. The minimum absolute atomic E-state index is 0.0601. The van der Waals surface area contributed by atoms with Crippen LogP contribution < -0.4 is 15.4 Å². The number of anilines is 1. The maximum Gasteiger partial charge on any atom is 0.412 e. The Bertz CT molecular complexity index is 2000. The Morgan fingerprint density at radius 1 is 1.00 bits per heavy atom. The van der Waals surface area contributed by atoms with Crippen molar-refractivity contribution in [2.75, 3.05) is 53.5 Å². The molecule has 0 saturated carbocycles. The third-order valence-corrected chi connectivity index (χ3v) is 10.2. The summed E-state index contributed by atoms with van der Waals surface area (Å²) in [5.74, 6) is -7.75. The largest absolute Gasteiger partial charge is 0.510 e. The zero-order chi connectivity index (χ0) is 40.9. The van der Waals surface area contributed by atoms with Crippen molar-refractivity contribution in [3.8, 4) is 11.5 Å². The van der Waals surface area contributed by atoms with Crippen molar-refractivity contribution in [3.05, 3.63) is 75.3 Å². The third-order valence-electron chi connectivity index (χ3n) is 10.2. The van der Waals surface area contributed by atoms with E-state index in [0.717, 1.165) is 0 Å². The SMILES string of the molecule is COc1ccc(C(=O)OCOC(=O)N(Cc2cc(N(C)C)c3c(c2O)C(=O)C2=C(O)[C@]4(O)C(=O)C(C(N)=O)=C(O)[C@@H](N(C)C)[C@@H]4C[C@@H]2C3)CC(C)(C)C)cc1. The van der Waals surface area contributed by atoms with Gasteiger partial charge < -0.3 is 50.2 Å². The lowest BCUT2D eigenvalue weighted by Gasteiger charge is -2.50. The van der Waals surface area contributed by atoms with Gasteiger partial charge in [-0.1, -0.05) is 20.8 Å². The highest BCUT2D eigenvalue weighted by Crippen LogP contribution is 2.53. The van der Waals surface area contributed by atoms with Gasteiger partial charge in [0.05, 0.1) is 30.8 Å². The number of phenolic OH excluding ortho intramolecular Hbond substituents is 1. The average Bonchev–Trinajstić information content (AvgIpc) is 3.09. The van der Waals surface area contributed by atoms with E-state index in [4.69, 9.17) is 19.9 Å². The molecule has 55 heavy (non-hydrogen) atoms. The molecule has 0 aliphatic heterocycles. The van der Waals surface area contributed by atoms with Crippen LogP contribution >= 0.6 is 0 Å². The number of phenols is 1. The molecule has 6 N–H and O–H groups in total. The summed E-state index contributed by atoms with van der Waals surface area (Å²) in [6.45, 7) is 4.77. The zero-order valence-corrected chi connectivity index (χ0v) is 32.1. The second kappa shape index (κ2) is 14.9. The molecule has 0 heterocycles. The summed E-state index contributed by atoms with van der Waals surface area (Å²) in [5, 5.41) is 46.5. The van der Waals surface area contributed by atoms with Crippen molar-refractivity contribution in [1.82, 2.24) is 9.80 Å². The van der Waals surface area contributed by atoms with Crippen molar-refractivity contribution in [3.63, 3.8) is 0 Å². The normalized spacial score (nSPS) is 22.1. The number of methoxy groups -OCH3 is 1. The van der Waals surface area contributed by atoms with Crippen molar-refractivity contribution in [1.29, 1.82) is 0 Å². The average molecular weight is 765 g/mol. The third kappa shape index (κ3) is 7.31. The molecule has 0 unspecified atom stereocenters. The van der Waals surface area contributed by atoms with E-state index in [2.05, 4.69) is 0 Å². The number of esters is 1. The Morgan fingerprint density at radius 3 is 2.18 bits per heavy atom. The number of nitrogens with zero attached hydrogens (tertiary/aromatic N) is 3. The molecular weight excluding hydrogens is 716 g/mol. The number of rotatable bonds is 10. The summed E-state index contributed by atoms with van der Waals surface area (Å²) in [6.07, 6.45) is -0.848. The maximum absolute atomic E-state index is 14.5. The van der Waals surface area contributed by atoms with Crippen LogP contribution in [0.1, 0.15) is 59.0 Å². The van der Waals surface area contributed by atoms with Crippen molar-refractivity contribution < 1.29 is 58.6 Å². The van der Waals surface area contributed by atoms with Crippen LogP contribution in [0.4, 0.5) is 10.5 Å². The summed E-state index contributed by atoms with van der Waals surface area (Å²) in [6, 6.07) is 6.67. The Morgan fingerprint density at radius 2 is 1.64 bits per heavy atom. The van der Waals surface area contributed by atoms with Crippen LogP contribution in [0.3, 0.4) is 0 Å². The lowest BCUT2D eigenvalue weighted by atomic mass is 9.58. The second-order valence-corrected chi connectivity index (χ2v) is 15.7. The number of aliphatic hydroxyl groups excluding tert-OH is 2. The molecule has 0 fully saturated rings. The predicted molar refractivity (Wildman–Crippen MR) is 198 cm³/mol. The number of ether oxygens (including phenoxy) is 3. The number of ketones is 2. The molecule has 2 aromatic rings. The summed E-state index contributed by atoms with van der Waals surface area (Å²) < 4.78 is 15.6. The van der Waals surface area contributed by atoms with E-state index in [9.17, 15) is 44.4 Å². The molecule has 16 nitrogen and oxygen atoms in total. The van der Waals surface area contributed by atoms with Gasteiger partial charge in [0, 0.05) is 43.4 Å². The fourth-order valence-corrected chi connectivity index (χ4v) is 7.87. The van der Waals surface area contributed by atoms with E-state index in [-0.39, 0.29) is 48.2 Å². The van der Waals surface area contributed by atoms with Crippen molar-refractivity contribution >= 4 is 35.2 Å². The lowest BCUT2D eigenvalue weighted by molar-refractivity contribution is -0.148. The standard InChI is InChI=1S/C39H48N4O12/c1-38(2,3)17-43(37(51)55-18-54-36(50)19-9-11-22(53-8)12-10-19)16-21-15-25(41(4)5)23-13-20-14-24-29(42(6)7)32(46)28(35(40)49)34(48)39(24,52)33(47)26(20)31(45)27(23)30(21)44/h9-12,15,20,24,29,44,46-47,52H,13-14,16-18H2,1-8H3,(H2,40,49)/t20-,24-,29-,39-/m0/s1. The van der Waals surface area contributed by atoms with E-state index in [1.807, 2.05) is 20.8 Å².